The number of anilines is 1. The van der Waals surface area contributed by atoms with Crippen LogP contribution in [0.5, 0.6) is 0 Å². The second-order valence-corrected chi connectivity index (χ2v) is 6.89. The molecule has 0 bridgehead atoms. The van der Waals surface area contributed by atoms with Crippen LogP contribution in [0.15, 0.2) is 40.8 Å². The van der Waals surface area contributed by atoms with Crippen LogP contribution in [-0.4, -0.2) is 26.9 Å². The maximum Gasteiger partial charge on any atom is 0.269 e. The lowest BCUT2D eigenvalue weighted by Crippen LogP contribution is -2.31. The van der Waals surface area contributed by atoms with Crippen molar-refractivity contribution in [2.24, 2.45) is 0 Å². The molecule has 1 aromatic carbocycles. The van der Waals surface area contributed by atoms with Crippen LogP contribution < -0.4 is 10.5 Å². The van der Waals surface area contributed by atoms with Crippen molar-refractivity contribution in [3.63, 3.8) is 0 Å². The normalized spacial score (nSPS) is 13.2. The number of benzene rings is 1. The largest absolute Gasteiger partial charge is 0.312 e. The molecular formula is C17H14N4O4S. The molecule has 3 aromatic rings. The Balaban J connectivity index is 1.50. The predicted molar refractivity (Wildman–Crippen MR) is 97.7 cm³/mol. The third kappa shape index (κ3) is 2.76. The molecule has 0 aliphatic carbocycles. The van der Waals surface area contributed by atoms with Gasteiger partial charge >= 0.3 is 0 Å². The van der Waals surface area contributed by atoms with E-state index in [-0.39, 0.29) is 30.1 Å². The zero-order valence-electron chi connectivity index (χ0n) is 13.6. The second-order valence-electron chi connectivity index (χ2n) is 6.00. The molecule has 8 nitrogen and oxygen atoms in total. The number of aromatic nitrogens is 2. The number of carbonyl (C=O) groups is 1. The fraction of sp³-hybridized carbons (Fsp3) is 0.235. The maximum absolute atomic E-state index is 12.6. The first kappa shape index (κ1) is 16.4. The Hall–Kier alpha value is -3.07. The van der Waals surface area contributed by atoms with Crippen molar-refractivity contribution in [2.75, 3.05) is 11.4 Å². The fourth-order valence-corrected chi connectivity index (χ4v) is 3.89. The van der Waals surface area contributed by atoms with Gasteiger partial charge in [0.15, 0.2) is 0 Å². The van der Waals surface area contributed by atoms with Crippen molar-refractivity contribution < 1.29 is 9.72 Å². The molecule has 1 aliphatic rings. The number of aryl methyl sites for hydroxylation is 1. The summed E-state index contributed by atoms with van der Waals surface area (Å²) < 4.78 is 1.44. The Bertz CT molecular complexity index is 1090. The molecule has 3 heterocycles. The topological polar surface area (TPSA) is 98.3 Å². The molecule has 0 N–H and O–H groups in total. The average molecular weight is 370 g/mol. The van der Waals surface area contributed by atoms with E-state index in [0.29, 0.717) is 28.9 Å². The van der Waals surface area contributed by atoms with Gasteiger partial charge < -0.3 is 4.90 Å². The third-order valence-electron chi connectivity index (χ3n) is 4.49. The first-order valence-corrected chi connectivity index (χ1v) is 8.93. The molecule has 0 fully saturated rings. The van der Waals surface area contributed by atoms with Gasteiger partial charge in [-0.1, -0.05) is 0 Å². The summed E-state index contributed by atoms with van der Waals surface area (Å²) in [5.41, 5.74) is 1.38. The molecule has 0 saturated carbocycles. The van der Waals surface area contributed by atoms with E-state index in [9.17, 15) is 19.7 Å². The van der Waals surface area contributed by atoms with E-state index in [0.717, 1.165) is 5.56 Å². The van der Waals surface area contributed by atoms with Crippen LogP contribution in [0.1, 0.15) is 12.0 Å². The van der Waals surface area contributed by atoms with Gasteiger partial charge in [-0.25, -0.2) is 4.98 Å². The van der Waals surface area contributed by atoms with E-state index >= 15 is 0 Å². The van der Waals surface area contributed by atoms with Crippen LogP contribution in [0.2, 0.25) is 0 Å². The highest BCUT2D eigenvalue weighted by atomic mass is 32.1. The van der Waals surface area contributed by atoms with Crippen LogP contribution in [0.25, 0.3) is 10.2 Å². The van der Waals surface area contributed by atoms with E-state index < -0.39 is 4.92 Å². The van der Waals surface area contributed by atoms with E-state index in [1.807, 2.05) is 5.38 Å². The summed E-state index contributed by atoms with van der Waals surface area (Å²) in [5.74, 6) is -0.116. The lowest BCUT2D eigenvalue weighted by atomic mass is 10.1. The van der Waals surface area contributed by atoms with Gasteiger partial charge in [-0.3, -0.25) is 24.3 Å². The predicted octanol–water partition coefficient (Wildman–Crippen LogP) is 2.35. The summed E-state index contributed by atoms with van der Waals surface area (Å²) in [6.45, 7) is 0.737. The van der Waals surface area contributed by atoms with Gasteiger partial charge in [0.1, 0.15) is 4.83 Å². The summed E-state index contributed by atoms with van der Waals surface area (Å²) in [4.78, 5) is 41.9. The van der Waals surface area contributed by atoms with Gasteiger partial charge in [0.25, 0.3) is 11.2 Å². The van der Waals surface area contributed by atoms with Crippen molar-refractivity contribution >= 4 is 38.8 Å². The first-order chi connectivity index (χ1) is 12.5. The summed E-state index contributed by atoms with van der Waals surface area (Å²) in [6, 6.07) is 6.27. The van der Waals surface area contributed by atoms with Crippen LogP contribution in [-0.2, 0) is 17.8 Å². The Morgan fingerprint density at radius 1 is 1.35 bits per heavy atom. The maximum atomic E-state index is 12.6. The van der Waals surface area contributed by atoms with E-state index in [4.69, 9.17) is 0 Å². The zero-order chi connectivity index (χ0) is 18.3. The van der Waals surface area contributed by atoms with E-state index in [1.165, 1.54) is 34.4 Å². The molecule has 1 aliphatic heterocycles. The SMILES string of the molecule is O=C(CCn1cnc2sccc2c1=O)N1CCc2cc([N+](=O)[O-])ccc21. The smallest absolute Gasteiger partial charge is 0.269 e. The van der Waals surface area contributed by atoms with Crippen LogP contribution in [0.3, 0.4) is 0 Å². The number of nitrogens with zero attached hydrogens (tertiary/aromatic N) is 4. The van der Waals surface area contributed by atoms with Gasteiger partial charge in [0, 0.05) is 37.3 Å². The highest BCUT2D eigenvalue weighted by Gasteiger charge is 2.26. The summed E-state index contributed by atoms with van der Waals surface area (Å²) >= 11 is 1.40. The molecule has 0 radical (unpaired) electrons. The molecule has 132 valence electrons. The van der Waals surface area contributed by atoms with Crippen molar-refractivity contribution in [2.45, 2.75) is 19.4 Å². The fourth-order valence-electron chi connectivity index (χ4n) is 3.16. The molecule has 9 heteroatoms. The molecule has 2 aromatic heterocycles. The lowest BCUT2D eigenvalue weighted by Gasteiger charge is -2.17. The van der Waals surface area contributed by atoms with Gasteiger partial charge in [-0.15, -0.1) is 11.3 Å². The van der Waals surface area contributed by atoms with Gasteiger partial charge in [0.2, 0.25) is 5.91 Å². The van der Waals surface area contributed by atoms with Crippen molar-refractivity contribution in [3.8, 4) is 0 Å². The van der Waals surface area contributed by atoms with Crippen molar-refractivity contribution in [1.29, 1.82) is 0 Å². The van der Waals surface area contributed by atoms with Gasteiger partial charge in [-0.2, -0.15) is 0 Å². The highest BCUT2D eigenvalue weighted by Crippen LogP contribution is 2.31. The number of rotatable bonds is 4. The number of amides is 1. The quantitative estimate of drug-likeness (QED) is 0.518. The van der Waals surface area contributed by atoms with Gasteiger partial charge in [0.05, 0.1) is 16.6 Å². The van der Waals surface area contributed by atoms with E-state index in [1.54, 1.807) is 17.0 Å². The Morgan fingerprint density at radius 2 is 2.19 bits per heavy atom. The first-order valence-electron chi connectivity index (χ1n) is 8.05. The number of hydrogen-bond acceptors (Lipinski definition) is 6. The number of carbonyl (C=O) groups excluding carboxylic acids is 1. The average Bonchev–Trinajstić information content (AvgIpc) is 3.27. The number of hydrogen-bond donors (Lipinski definition) is 0. The van der Waals surface area contributed by atoms with Crippen LogP contribution in [0.4, 0.5) is 11.4 Å². The van der Waals surface area contributed by atoms with Crippen molar-refractivity contribution in [1.82, 2.24) is 9.55 Å². The number of thiophene rings is 1. The molecule has 0 saturated heterocycles. The van der Waals surface area contributed by atoms with Crippen LogP contribution >= 0.6 is 11.3 Å². The van der Waals surface area contributed by atoms with Gasteiger partial charge in [-0.05, 0) is 29.5 Å². The lowest BCUT2D eigenvalue weighted by molar-refractivity contribution is -0.384. The molecular weight excluding hydrogens is 356 g/mol. The number of fused-ring (bicyclic) bond motifs is 2. The number of non-ortho nitro benzene ring substituents is 1. The zero-order valence-corrected chi connectivity index (χ0v) is 14.4. The summed E-state index contributed by atoms with van der Waals surface area (Å²) in [6.07, 6.45) is 2.22. The molecule has 0 unspecified atom stereocenters. The molecule has 4 rings (SSSR count). The molecule has 0 spiro atoms. The standard InChI is InChI=1S/C17H14N4O4S/c22-15(4-6-19-10-18-16-13(17(19)23)5-8-26-16)20-7-3-11-9-12(21(24)25)1-2-14(11)20/h1-2,5,8-10H,3-4,6-7H2. The number of nitro benzene ring substituents is 1. The minimum Gasteiger partial charge on any atom is -0.312 e. The Labute approximate surface area is 151 Å². The minimum absolute atomic E-state index is 0.0275. The Morgan fingerprint density at radius 3 is 3.00 bits per heavy atom. The summed E-state index contributed by atoms with van der Waals surface area (Å²) in [7, 11) is 0. The van der Waals surface area contributed by atoms with Crippen LogP contribution in [0, 0.1) is 10.1 Å². The number of nitro groups is 1. The van der Waals surface area contributed by atoms with E-state index in [2.05, 4.69) is 4.98 Å². The second kappa shape index (κ2) is 6.34. The Kier molecular flexibility index (Phi) is 4.00. The molecule has 0 atom stereocenters. The van der Waals surface area contributed by atoms with Crippen molar-refractivity contribution in [3.05, 3.63) is 62.0 Å². The molecule has 26 heavy (non-hydrogen) atoms. The third-order valence-corrected chi connectivity index (χ3v) is 5.31. The minimum atomic E-state index is -0.440. The highest BCUT2D eigenvalue weighted by molar-refractivity contribution is 7.16. The molecule has 1 amide bonds. The monoisotopic (exact) mass is 370 g/mol. The summed E-state index contributed by atoms with van der Waals surface area (Å²) in [5, 5.41) is 13.2.